The van der Waals surface area contributed by atoms with Gasteiger partial charge in [0, 0.05) is 31.9 Å². The Balaban J connectivity index is 1.35. The van der Waals surface area contributed by atoms with Gasteiger partial charge in [-0.15, -0.1) is 0 Å². The van der Waals surface area contributed by atoms with Gasteiger partial charge in [0.25, 0.3) is 0 Å². The van der Waals surface area contributed by atoms with E-state index in [0.29, 0.717) is 32.5 Å². The molecule has 0 unspecified atom stereocenters. The summed E-state index contributed by atoms with van der Waals surface area (Å²) in [6.45, 7) is 6.42. The van der Waals surface area contributed by atoms with Crippen LogP contribution < -0.4 is 10.1 Å². The number of sulfone groups is 1. The van der Waals surface area contributed by atoms with Crippen LogP contribution in [-0.2, 0) is 16.4 Å². The number of aryl methyl sites for hydroxylation is 2. The molecule has 1 saturated heterocycles. The highest BCUT2D eigenvalue weighted by atomic mass is 79.9. The fourth-order valence-electron chi connectivity index (χ4n) is 4.28. The predicted octanol–water partition coefficient (Wildman–Crippen LogP) is 5.00. The molecule has 0 spiro atoms. The van der Waals surface area contributed by atoms with Gasteiger partial charge in [-0.05, 0) is 83.6 Å². The maximum absolute atomic E-state index is 11.7. The minimum atomic E-state index is -3.18. The fourth-order valence-corrected chi connectivity index (χ4v) is 5.19. The molecule has 0 bridgehead atoms. The van der Waals surface area contributed by atoms with Crippen LogP contribution in [0.15, 0.2) is 52.0 Å². The maximum Gasteiger partial charge on any atom is 0.238 e. The van der Waals surface area contributed by atoms with E-state index in [0.717, 1.165) is 49.2 Å². The Morgan fingerprint density at radius 2 is 1.81 bits per heavy atom. The van der Waals surface area contributed by atoms with Crippen molar-refractivity contribution in [1.29, 1.82) is 5.26 Å². The van der Waals surface area contributed by atoms with E-state index in [1.54, 1.807) is 30.5 Å². The third-order valence-corrected chi connectivity index (χ3v) is 7.85. The summed E-state index contributed by atoms with van der Waals surface area (Å²) in [5.41, 5.74) is 3.42. The summed E-state index contributed by atoms with van der Waals surface area (Å²) in [7, 11) is -3.18. The van der Waals surface area contributed by atoms with Gasteiger partial charge in [0.05, 0.1) is 27.2 Å². The zero-order valence-electron chi connectivity index (χ0n) is 20.5. The molecule has 4 rings (SSSR count). The standard InChI is InChI=1S/C26H28BrN5O3S/c1-17-12-20(14-28)13-18(2)24(17)35-25-23(27)15-29-26(31-25)30-21-8-10-32(11-9-21)16-19-4-6-22(7-5-19)36(3,33)34/h4-7,12-13,15,21H,8-11,16H2,1-3H3,(H,29,30,31). The van der Waals surface area contributed by atoms with Crippen molar-refractivity contribution in [1.82, 2.24) is 14.9 Å². The Bertz CT molecular complexity index is 1370. The number of hydrogen-bond donors (Lipinski definition) is 1. The Labute approximate surface area is 220 Å². The fraction of sp³-hybridized carbons (Fsp3) is 0.346. The minimum Gasteiger partial charge on any atom is -0.437 e. The molecule has 1 aromatic heterocycles. The SMILES string of the molecule is Cc1cc(C#N)cc(C)c1Oc1nc(NC2CCN(Cc3ccc(S(C)(=O)=O)cc3)CC2)ncc1Br. The number of aromatic nitrogens is 2. The van der Waals surface area contributed by atoms with Crippen LogP contribution in [0.3, 0.4) is 0 Å². The van der Waals surface area contributed by atoms with Crippen molar-refractivity contribution in [2.45, 2.75) is 44.2 Å². The first kappa shape index (κ1) is 26.1. The molecule has 1 aliphatic rings. The quantitative estimate of drug-likeness (QED) is 0.423. The van der Waals surface area contributed by atoms with Crippen molar-refractivity contribution in [3.05, 3.63) is 69.3 Å². The average molecular weight is 571 g/mol. The molecule has 0 radical (unpaired) electrons. The topological polar surface area (TPSA) is 108 Å². The number of benzene rings is 2. The molecule has 1 fully saturated rings. The molecule has 8 nitrogen and oxygen atoms in total. The normalized spacial score (nSPS) is 14.9. The Hall–Kier alpha value is -3.00. The van der Waals surface area contributed by atoms with E-state index in [1.807, 2.05) is 26.0 Å². The second kappa shape index (κ2) is 10.9. The van der Waals surface area contributed by atoms with Gasteiger partial charge in [-0.25, -0.2) is 13.4 Å². The summed E-state index contributed by atoms with van der Waals surface area (Å²) >= 11 is 3.47. The number of rotatable bonds is 7. The van der Waals surface area contributed by atoms with E-state index in [1.165, 1.54) is 6.26 Å². The highest BCUT2D eigenvalue weighted by Gasteiger charge is 2.21. The third kappa shape index (κ3) is 6.40. The molecular weight excluding hydrogens is 542 g/mol. The molecule has 2 heterocycles. The lowest BCUT2D eigenvalue weighted by Gasteiger charge is -2.32. The molecule has 1 aliphatic heterocycles. The zero-order chi connectivity index (χ0) is 25.9. The van der Waals surface area contributed by atoms with Crippen LogP contribution in [0.1, 0.15) is 35.1 Å². The van der Waals surface area contributed by atoms with Crippen LogP contribution in [0.2, 0.25) is 0 Å². The van der Waals surface area contributed by atoms with Crippen molar-refractivity contribution in [2.24, 2.45) is 0 Å². The molecule has 1 N–H and O–H groups in total. The largest absolute Gasteiger partial charge is 0.437 e. The molecule has 0 atom stereocenters. The van der Waals surface area contributed by atoms with Gasteiger partial charge in [0.15, 0.2) is 9.84 Å². The number of nitrogens with zero attached hydrogens (tertiary/aromatic N) is 4. The monoisotopic (exact) mass is 569 g/mol. The highest BCUT2D eigenvalue weighted by Crippen LogP contribution is 2.33. The predicted molar refractivity (Wildman–Crippen MR) is 142 cm³/mol. The van der Waals surface area contributed by atoms with Gasteiger partial charge in [-0.1, -0.05) is 12.1 Å². The van der Waals surface area contributed by atoms with Gasteiger partial charge < -0.3 is 10.1 Å². The molecule has 0 saturated carbocycles. The first-order valence-electron chi connectivity index (χ1n) is 11.6. The molecule has 3 aromatic rings. The summed E-state index contributed by atoms with van der Waals surface area (Å²) < 4.78 is 30.1. The van der Waals surface area contributed by atoms with Gasteiger partial charge in [0.2, 0.25) is 11.8 Å². The molecule has 2 aromatic carbocycles. The number of hydrogen-bond acceptors (Lipinski definition) is 8. The molecule has 0 aliphatic carbocycles. The maximum atomic E-state index is 11.7. The van der Waals surface area contributed by atoms with Crippen LogP contribution in [0.25, 0.3) is 0 Å². The Morgan fingerprint density at radius 3 is 2.39 bits per heavy atom. The Kier molecular flexibility index (Phi) is 7.93. The molecule has 188 valence electrons. The van der Waals surface area contributed by atoms with Crippen LogP contribution >= 0.6 is 15.9 Å². The van der Waals surface area contributed by atoms with Crippen LogP contribution in [0.5, 0.6) is 11.6 Å². The van der Waals surface area contributed by atoms with E-state index in [4.69, 9.17) is 4.74 Å². The van der Waals surface area contributed by atoms with Crippen molar-refractivity contribution in [3.8, 4) is 17.7 Å². The number of anilines is 1. The van der Waals surface area contributed by atoms with E-state index < -0.39 is 9.84 Å². The first-order chi connectivity index (χ1) is 17.1. The van der Waals surface area contributed by atoms with E-state index >= 15 is 0 Å². The molecule has 0 amide bonds. The van der Waals surface area contributed by atoms with Gasteiger partial charge >= 0.3 is 0 Å². The van der Waals surface area contributed by atoms with Crippen molar-refractivity contribution in [3.63, 3.8) is 0 Å². The van der Waals surface area contributed by atoms with E-state index in [-0.39, 0.29) is 6.04 Å². The van der Waals surface area contributed by atoms with Crippen molar-refractivity contribution < 1.29 is 13.2 Å². The summed E-state index contributed by atoms with van der Waals surface area (Å²) in [6, 6.07) is 13.1. The summed E-state index contributed by atoms with van der Waals surface area (Å²) in [6.07, 6.45) is 4.77. The van der Waals surface area contributed by atoms with Crippen LogP contribution in [-0.4, -0.2) is 48.7 Å². The molecule has 36 heavy (non-hydrogen) atoms. The van der Waals surface area contributed by atoms with Crippen molar-refractivity contribution >= 4 is 31.7 Å². The zero-order valence-corrected chi connectivity index (χ0v) is 22.9. The number of halogens is 1. The minimum absolute atomic E-state index is 0.237. The molecule has 10 heteroatoms. The number of nitrogens with one attached hydrogen (secondary N) is 1. The van der Waals surface area contributed by atoms with Crippen molar-refractivity contribution in [2.75, 3.05) is 24.7 Å². The van der Waals surface area contributed by atoms with Gasteiger partial charge in [-0.3, -0.25) is 4.90 Å². The van der Waals surface area contributed by atoms with E-state index in [2.05, 4.69) is 42.2 Å². The highest BCUT2D eigenvalue weighted by molar-refractivity contribution is 9.10. The number of nitriles is 1. The molecular formula is C26H28BrN5O3S. The lowest BCUT2D eigenvalue weighted by atomic mass is 10.0. The van der Waals surface area contributed by atoms with Gasteiger partial charge in [0.1, 0.15) is 5.75 Å². The van der Waals surface area contributed by atoms with E-state index in [9.17, 15) is 13.7 Å². The van der Waals surface area contributed by atoms with Gasteiger partial charge in [-0.2, -0.15) is 10.2 Å². The number of piperidine rings is 1. The number of likely N-dealkylation sites (tertiary alicyclic amines) is 1. The first-order valence-corrected chi connectivity index (χ1v) is 14.3. The van der Waals surface area contributed by atoms with Crippen LogP contribution in [0.4, 0.5) is 5.95 Å². The van der Waals surface area contributed by atoms with Crippen LogP contribution in [0, 0.1) is 25.2 Å². The summed E-state index contributed by atoms with van der Waals surface area (Å²) in [4.78, 5) is 11.7. The third-order valence-electron chi connectivity index (χ3n) is 6.18. The Morgan fingerprint density at radius 1 is 1.17 bits per heavy atom. The number of ether oxygens (including phenoxy) is 1. The smallest absolute Gasteiger partial charge is 0.238 e. The lowest BCUT2D eigenvalue weighted by Crippen LogP contribution is -2.39. The second-order valence-electron chi connectivity index (χ2n) is 9.11. The summed E-state index contributed by atoms with van der Waals surface area (Å²) in [5.74, 6) is 1.60. The lowest BCUT2D eigenvalue weighted by molar-refractivity contribution is 0.211. The second-order valence-corrected chi connectivity index (χ2v) is 12.0. The average Bonchev–Trinajstić information content (AvgIpc) is 2.84. The summed E-state index contributed by atoms with van der Waals surface area (Å²) in [5, 5.41) is 12.6.